The SMILES string of the molecule is C[C@H](NC(=O)OC(C)(C)C)C(=O)O[C@H](COc1ccccc1)[C@H](C)Oc1ccccc1. The van der Waals surface area contributed by atoms with Crippen molar-refractivity contribution >= 4 is 12.1 Å². The van der Waals surface area contributed by atoms with Gasteiger partial charge in [-0.1, -0.05) is 36.4 Å². The summed E-state index contributed by atoms with van der Waals surface area (Å²) >= 11 is 0. The molecule has 0 spiro atoms. The van der Waals surface area contributed by atoms with Crippen LogP contribution in [-0.2, 0) is 14.3 Å². The number of para-hydroxylation sites is 2. The van der Waals surface area contributed by atoms with Crippen LogP contribution in [0.1, 0.15) is 34.6 Å². The summed E-state index contributed by atoms with van der Waals surface area (Å²) in [5, 5.41) is 2.49. The Labute approximate surface area is 183 Å². The second-order valence-electron chi connectivity index (χ2n) is 8.10. The Kier molecular flexibility index (Phi) is 8.73. The molecule has 0 aliphatic heterocycles. The summed E-state index contributed by atoms with van der Waals surface area (Å²) in [4.78, 5) is 24.6. The Bertz CT molecular complexity index is 819. The highest BCUT2D eigenvalue weighted by molar-refractivity contribution is 5.81. The van der Waals surface area contributed by atoms with Gasteiger partial charge in [0, 0.05) is 0 Å². The van der Waals surface area contributed by atoms with Gasteiger partial charge in [-0.3, -0.25) is 0 Å². The van der Waals surface area contributed by atoms with Crippen molar-refractivity contribution in [3.05, 3.63) is 60.7 Å². The van der Waals surface area contributed by atoms with E-state index < -0.39 is 35.9 Å². The van der Waals surface area contributed by atoms with Crippen molar-refractivity contribution in [1.29, 1.82) is 0 Å². The van der Waals surface area contributed by atoms with Crippen LogP contribution >= 0.6 is 0 Å². The molecule has 7 heteroatoms. The summed E-state index contributed by atoms with van der Waals surface area (Å²) in [6.07, 6.45) is -1.90. The monoisotopic (exact) mass is 429 g/mol. The Morgan fingerprint density at radius 1 is 0.903 bits per heavy atom. The summed E-state index contributed by atoms with van der Waals surface area (Å²) in [6, 6.07) is 17.6. The molecule has 0 aliphatic carbocycles. The van der Waals surface area contributed by atoms with E-state index in [0.29, 0.717) is 11.5 Å². The first-order valence-corrected chi connectivity index (χ1v) is 10.2. The van der Waals surface area contributed by atoms with Gasteiger partial charge in [0.25, 0.3) is 0 Å². The zero-order valence-corrected chi connectivity index (χ0v) is 18.7. The molecule has 0 saturated heterocycles. The lowest BCUT2D eigenvalue weighted by atomic mass is 10.2. The lowest BCUT2D eigenvalue weighted by molar-refractivity contribution is -0.157. The highest BCUT2D eigenvalue weighted by Gasteiger charge is 2.28. The van der Waals surface area contributed by atoms with Crippen molar-refractivity contribution in [3.8, 4) is 11.5 Å². The number of hydrogen-bond donors (Lipinski definition) is 1. The van der Waals surface area contributed by atoms with Gasteiger partial charge in [-0.25, -0.2) is 9.59 Å². The molecule has 1 N–H and O–H groups in total. The van der Waals surface area contributed by atoms with Gasteiger partial charge in [0.2, 0.25) is 0 Å². The van der Waals surface area contributed by atoms with Gasteiger partial charge in [0.05, 0.1) is 0 Å². The van der Waals surface area contributed by atoms with Crippen LogP contribution in [0.5, 0.6) is 11.5 Å². The Hall–Kier alpha value is -3.22. The smallest absolute Gasteiger partial charge is 0.408 e. The van der Waals surface area contributed by atoms with E-state index in [-0.39, 0.29) is 6.61 Å². The molecule has 0 radical (unpaired) electrons. The fraction of sp³-hybridized carbons (Fsp3) is 0.417. The third kappa shape index (κ3) is 8.99. The first kappa shape index (κ1) is 24.1. The molecule has 0 bridgehead atoms. The summed E-state index contributed by atoms with van der Waals surface area (Å²) in [7, 11) is 0. The Morgan fingerprint density at radius 2 is 1.45 bits per heavy atom. The largest absolute Gasteiger partial charge is 0.490 e. The van der Waals surface area contributed by atoms with E-state index in [9.17, 15) is 9.59 Å². The van der Waals surface area contributed by atoms with Gasteiger partial charge < -0.3 is 24.3 Å². The maximum atomic E-state index is 12.6. The topological polar surface area (TPSA) is 83.1 Å². The molecular formula is C24H31NO6. The number of alkyl carbamates (subject to hydrolysis) is 1. The van der Waals surface area contributed by atoms with Crippen molar-refractivity contribution in [3.63, 3.8) is 0 Å². The van der Waals surface area contributed by atoms with Crippen molar-refractivity contribution in [2.45, 2.75) is 58.5 Å². The predicted molar refractivity (Wildman–Crippen MR) is 117 cm³/mol. The van der Waals surface area contributed by atoms with E-state index in [1.807, 2.05) is 60.7 Å². The quantitative estimate of drug-likeness (QED) is 0.597. The highest BCUT2D eigenvalue weighted by atomic mass is 16.6. The van der Waals surface area contributed by atoms with Crippen molar-refractivity contribution in [1.82, 2.24) is 5.32 Å². The van der Waals surface area contributed by atoms with Crippen LogP contribution in [0.4, 0.5) is 4.79 Å². The number of rotatable bonds is 9. The molecular weight excluding hydrogens is 398 g/mol. The summed E-state index contributed by atoms with van der Waals surface area (Å²) < 4.78 is 22.5. The summed E-state index contributed by atoms with van der Waals surface area (Å²) in [6.45, 7) is 8.65. The fourth-order valence-corrected chi connectivity index (χ4v) is 2.54. The minimum absolute atomic E-state index is 0.0862. The van der Waals surface area contributed by atoms with Gasteiger partial charge in [-0.15, -0.1) is 0 Å². The van der Waals surface area contributed by atoms with Gasteiger partial charge >= 0.3 is 12.1 Å². The van der Waals surface area contributed by atoms with Crippen LogP contribution in [0.25, 0.3) is 0 Å². The second kappa shape index (κ2) is 11.2. The molecule has 2 aromatic rings. The number of esters is 1. The number of amides is 1. The van der Waals surface area contributed by atoms with Crippen LogP contribution < -0.4 is 14.8 Å². The van der Waals surface area contributed by atoms with Gasteiger partial charge in [0.15, 0.2) is 6.10 Å². The number of nitrogens with one attached hydrogen (secondary N) is 1. The fourth-order valence-electron chi connectivity index (χ4n) is 2.54. The van der Waals surface area contributed by atoms with Crippen molar-refractivity contribution in [2.24, 2.45) is 0 Å². The third-order valence-electron chi connectivity index (χ3n) is 4.10. The average molecular weight is 430 g/mol. The van der Waals surface area contributed by atoms with Crippen LogP contribution in [0.2, 0.25) is 0 Å². The molecule has 0 heterocycles. The average Bonchev–Trinajstić information content (AvgIpc) is 2.70. The first-order valence-electron chi connectivity index (χ1n) is 10.2. The zero-order valence-electron chi connectivity index (χ0n) is 18.7. The normalized spacial score (nSPS) is 14.0. The third-order valence-corrected chi connectivity index (χ3v) is 4.10. The van der Waals surface area contributed by atoms with E-state index in [2.05, 4.69) is 5.32 Å². The number of ether oxygens (including phenoxy) is 4. The van der Waals surface area contributed by atoms with E-state index in [1.54, 1.807) is 27.7 Å². The van der Waals surface area contributed by atoms with Gasteiger partial charge in [-0.2, -0.15) is 0 Å². The van der Waals surface area contributed by atoms with Crippen LogP contribution in [-0.4, -0.2) is 42.5 Å². The van der Waals surface area contributed by atoms with E-state index in [0.717, 1.165) is 0 Å². The summed E-state index contributed by atoms with van der Waals surface area (Å²) in [5.41, 5.74) is -0.669. The first-order chi connectivity index (χ1) is 14.6. The van der Waals surface area contributed by atoms with Crippen LogP contribution in [0, 0.1) is 0 Å². The number of carbonyl (C=O) groups excluding carboxylic acids is 2. The van der Waals surface area contributed by atoms with Gasteiger partial charge in [0.1, 0.15) is 35.9 Å². The number of hydrogen-bond acceptors (Lipinski definition) is 6. The molecule has 3 atom stereocenters. The number of carbonyl (C=O) groups is 2. The molecule has 31 heavy (non-hydrogen) atoms. The molecule has 0 aliphatic rings. The molecule has 7 nitrogen and oxygen atoms in total. The van der Waals surface area contributed by atoms with E-state index >= 15 is 0 Å². The predicted octanol–water partition coefficient (Wildman–Crippen LogP) is 4.36. The Balaban J connectivity index is 2.02. The van der Waals surface area contributed by atoms with Crippen molar-refractivity contribution in [2.75, 3.05) is 6.61 Å². The number of benzene rings is 2. The van der Waals surface area contributed by atoms with Gasteiger partial charge in [-0.05, 0) is 58.9 Å². The maximum Gasteiger partial charge on any atom is 0.408 e. The molecule has 2 rings (SSSR count). The lowest BCUT2D eigenvalue weighted by Gasteiger charge is -2.27. The van der Waals surface area contributed by atoms with E-state index in [4.69, 9.17) is 18.9 Å². The molecule has 2 aromatic carbocycles. The molecule has 0 unspecified atom stereocenters. The minimum atomic E-state index is -0.905. The minimum Gasteiger partial charge on any atom is -0.490 e. The van der Waals surface area contributed by atoms with Crippen LogP contribution in [0.15, 0.2) is 60.7 Å². The molecule has 1 amide bonds. The zero-order chi connectivity index (χ0) is 22.9. The van der Waals surface area contributed by atoms with Crippen molar-refractivity contribution < 1.29 is 28.5 Å². The standard InChI is InChI=1S/C24H31NO6/c1-17(25-23(27)31-24(3,4)5)22(26)30-21(16-28-19-12-8-6-9-13-19)18(2)29-20-14-10-7-11-15-20/h6-15,17-18,21H,16H2,1-5H3,(H,25,27)/t17-,18-,21+/m0/s1. The maximum absolute atomic E-state index is 12.6. The summed E-state index contributed by atoms with van der Waals surface area (Å²) in [5.74, 6) is 0.683. The van der Waals surface area contributed by atoms with E-state index in [1.165, 1.54) is 6.92 Å². The molecule has 168 valence electrons. The second-order valence-corrected chi connectivity index (χ2v) is 8.10. The van der Waals surface area contributed by atoms with Crippen LogP contribution in [0.3, 0.4) is 0 Å². The molecule has 0 fully saturated rings. The Morgan fingerprint density at radius 3 is 2.00 bits per heavy atom. The molecule has 0 aromatic heterocycles. The molecule has 0 saturated carbocycles. The lowest BCUT2D eigenvalue weighted by Crippen LogP contribution is -2.46. The highest BCUT2D eigenvalue weighted by Crippen LogP contribution is 2.16.